The first-order valence-corrected chi connectivity index (χ1v) is 9.30. The maximum absolute atomic E-state index is 11.2. The van der Waals surface area contributed by atoms with Crippen LogP contribution in [0.1, 0.15) is 51.3 Å². The quantitative estimate of drug-likeness (QED) is 0.634. The predicted molar refractivity (Wildman–Crippen MR) is 107 cm³/mol. The zero-order chi connectivity index (χ0) is 20.1. The van der Waals surface area contributed by atoms with Crippen molar-refractivity contribution in [1.82, 2.24) is 0 Å². The van der Waals surface area contributed by atoms with Crippen molar-refractivity contribution in [3.8, 4) is 0 Å². The van der Waals surface area contributed by atoms with Crippen LogP contribution in [0.4, 0.5) is 0 Å². The van der Waals surface area contributed by atoms with Gasteiger partial charge in [-0.3, -0.25) is 9.59 Å². The van der Waals surface area contributed by atoms with Crippen LogP contribution in [-0.4, -0.2) is 18.5 Å². The molecule has 1 unspecified atom stereocenters. The summed E-state index contributed by atoms with van der Waals surface area (Å²) in [5.74, 6) is 0.0292. The number of rotatable bonds is 7. The van der Waals surface area contributed by atoms with Gasteiger partial charge in [-0.25, -0.2) is 0 Å². The van der Waals surface area contributed by atoms with E-state index in [1.54, 1.807) is 0 Å². The number of hydrogen-bond acceptors (Lipinski definition) is 4. The fraction of sp³-hybridized carbons (Fsp3) is 0.391. The lowest BCUT2D eigenvalue weighted by Gasteiger charge is -2.11. The molecular weight excluding hydrogens is 340 g/mol. The molecule has 2 rings (SSSR count). The van der Waals surface area contributed by atoms with E-state index in [1.165, 1.54) is 12.5 Å². The summed E-state index contributed by atoms with van der Waals surface area (Å²) in [6, 6.07) is 19.7. The maximum atomic E-state index is 11.2. The Bertz CT molecular complexity index is 665. The molecule has 0 aliphatic rings. The van der Waals surface area contributed by atoms with Crippen LogP contribution in [0, 0.1) is 5.92 Å². The van der Waals surface area contributed by atoms with Crippen molar-refractivity contribution < 1.29 is 19.1 Å². The molecule has 0 aliphatic heterocycles. The zero-order valence-electron chi connectivity index (χ0n) is 16.7. The van der Waals surface area contributed by atoms with E-state index in [0.717, 1.165) is 12.0 Å². The van der Waals surface area contributed by atoms with Gasteiger partial charge in [0.1, 0.15) is 6.10 Å². The predicted octanol–water partition coefficient (Wildman–Crippen LogP) is 5.13. The highest BCUT2D eigenvalue weighted by Gasteiger charge is 2.06. The van der Waals surface area contributed by atoms with Gasteiger partial charge >= 0.3 is 11.9 Å². The molecule has 4 nitrogen and oxygen atoms in total. The van der Waals surface area contributed by atoms with E-state index in [4.69, 9.17) is 9.47 Å². The van der Waals surface area contributed by atoms with Gasteiger partial charge in [0.2, 0.25) is 0 Å². The largest absolute Gasteiger partial charge is 0.465 e. The van der Waals surface area contributed by atoms with Crippen LogP contribution in [0.2, 0.25) is 0 Å². The second-order valence-electron chi connectivity index (χ2n) is 6.72. The van der Waals surface area contributed by atoms with E-state index in [1.807, 2.05) is 81.4 Å². The Morgan fingerprint density at radius 1 is 0.889 bits per heavy atom. The summed E-state index contributed by atoms with van der Waals surface area (Å²) in [6.45, 7) is 7.78. The lowest BCUT2D eigenvalue weighted by molar-refractivity contribution is -0.146. The molecule has 4 heteroatoms. The first-order valence-electron chi connectivity index (χ1n) is 9.30. The van der Waals surface area contributed by atoms with E-state index in [9.17, 15) is 9.59 Å². The highest BCUT2D eigenvalue weighted by atomic mass is 16.5. The van der Waals surface area contributed by atoms with Crippen molar-refractivity contribution in [1.29, 1.82) is 0 Å². The molecule has 0 heterocycles. The van der Waals surface area contributed by atoms with Gasteiger partial charge in [-0.1, -0.05) is 74.5 Å². The van der Waals surface area contributed by atoms with Gasteiger partial charge in [-0.05, 0) is 24.0 Å². The van der Waals surface area contributed by atoms with Crippen molar-refractivity contribution in [2.45, 2.75) is 46.6 Å². The third-order valence-electron chi connectivity index (χ3n) is 3.68. The average Bonchev–Trinajstić information content (AvgIpc) is 2.63. The molecule has 0 bridgehead atoms. The Labute approximate surface area is 162 Å². The molecule has 2 aromatic carbocycles. The van der Waals surface area contributed by atoms with E-state index in [0.29, 0.717) is 18.9 Å². The van der Waals surface area contributed by atoms with E-state index >= 15 is 0 Å². The van der Waals surface area contributed by atoms with Gasteiger partial charge in [-0.15, -0.1) is 0 Å². The third kappa shape index (κ3) is 10.9. The van der Waals surface area contributed by atoms with Gasteiger partial charge < -0.3 is 9.47 Å². The summed E-state index contributed by atoms with van der Waals surface area (Å²) in [5, 5.41) is 0. The van der Waals surface area contributed by atoms with Crippen LogP contribution in [0.3, 0.4) is 0 Å². The molecule has 27 heavy (non-hydrogen) atoms. The third-order valence-corrected chi connectivity index (χ3v) is 3.68. The molecule has 0 spiro atoms. The molecule has 0 saturated heterocycles. The van der Waals surface area contributed by atoms with E-state index in [2.05, 4.69) is 0 Å². The second-order valence-corrected chi connectivity index (χ2v) is 6.72. The standard InChI is InChI=1S/C13H18O2.C10H12O2/c1-11(2)10-13(14)15-9-8-12-6-4-3-5-7-12;1-8(12-9(2)11)10-6-4-3-5-7-10/h3-7,11H,8-10H2,1-2H3;3-8H,1-2H3. The van der Waals surface area contributed by atoms with Crippen LogP contribution >= 0.6 is 0 Å². The summed E-state index contributed by atoms with van der Waals surface area (Å²) in [7, 11) is 0. The van der Waals surface area contributed by atoms with Crippen molar-refractivity contribution in [2.75, 3.05) is 6.61 Å². The second kappa shape index (κ2) is 12.7. The van der Waals surface area contributed by atoms with Crippen LogP contribution < -0.4 is 0 Å². The van der Waals surface area contributed by atoms with Gasteiger partial charge in [0.25, 0.3) is 0 Å². The number of ether oxygens (including phenoxy) is 2. The molecule has 1 atom stereocenters. The first-order chi connectivity index (χ1) is 12.9. The first kappa shape index (κ1) is 22.4. The molecule has 0 aromatic heterocycles. The highest BCUT2D eigenvalue weighted by Crippen LogP contribution is 2.15. The smallest absolute Gasteiger partial charge is 0.306 e. The fourth-order valence-electron chi connectivity index (χ4n) is 2.36. The van der Waals surface area contributed by atoms with Crippen molar-refractivity contribution >= 4 is 11.9 Å². The normalized spacial score (nSPS) is 11.1. The molecule has 0 fully saturated rings. The minimum atomic E-state index is -0.244. The summed E-state index contributed by atoms with van der Waals surface area (Å²) in [4.78, 5) is 21.8. The molecular formula is C23H30O4. The number of carbonyl (C=O) groups is 2. The molecule has 0 saturated carbocycles. The minimum Gasteiger partial charge on any atom is -0.465 e. The molecule has 0 radical (unpaired) electrons. The number of benzene rings is 2. The molecule has 2 aromatic rings. The monoisotopic (exact) mass is 370 g/mol. The lowest BCUT2D eigenvalue weighted by atomic mass is 10.1. The van der Waals surface area contributed by atoms with Crippen molar-refractivity contribution in [2.24, 2.45) is 5.92 Å². The summed E-state index contributed by atoms with van der Waals surface area (Å²) in [5.41, 5.74) is 2.22. The van der Waals surface area contributed by atoms with Crippen LogP contribution in [-0.2, 0) is 25.5 Å². The molecule has 146 valence electrons. The topological polar surface area (TPSA) is 52.6 Å². The maximum Gasteiger partial charge on any atom is 0.306 e. The Morgan fingerprint density at radius 3 is 1.96 bits per heavy atom. The molecule has 0 N–H and O–H groups in total. The molecule has 0 aliphatic carbocycles. The van der Waals surface area contributed by atoms with Crippen LogP contribution in [0.15, 0.2) is 60.7 Å². The lowest BCUT2D eigenvalue weighted by Crippen LogP contribution is -2.10. The SMILES string of the molecule is CC(=O)OC(C)c1ccccc1.CC(C)CC(=O)OCCc1ccccc1. The van der Waals surface area contributed by atoms with Gasteiger partial charge in [0.15, 0.2) is 0 Å². The number of hydrogen-bond donors (Lipinski definition) is 0. The van der Waals surface area contributed by atoms with Crippen LogP contribution in [0.25, 0.3) is 0 Å². The van der Waals surface area contributed by atoms with Crippen molar-refractivity contribution in [3.05, 3.63) is 71.8 Å². The summed E-state index contributed by atoms with van der Waals surface area (Å²) < 4.78 is 10.1. The summed E-state index contributed by atoms with van der Waals surface area (Å²) in [6.07, 6.45) is 1.16. The average molecular weight is 370 g/mol. The Kier molecular flexibility index (Phi) is 10.5. The van der Waals surface area contributed by atoms with Gasteiger partial charge in [0, 0.05) is 19.8 Å². The number of esters is 2. The Morgan fingerprint density at radius 2 is 1.44 bits per heavy atom. The van der Waals surface area contributed by atoms with Crippen molar-refractivity contribution in [3.63, 3.8) is 0 Å². The fourth-order valence-corrected chi connectivity index (χ4v) is 2.36. The Balaban J connectivity index is 0.000000277. The zero-order valence-corrected chi connectivity index (χ0v) is 16.7. The summed E-state index contributed by atoms with van der Waals surface area (Å²) >= 11 is 0. The highest BCUT2D eigenvalue weighted by molar-refractivity contribution is 5.69. The van der Waals surface area contributed by atoms with E-state index in [-0.39, 0.29) is 18.0 Å². The van der Waals surface area contributed by atoms with Gasteiger partial charge in [-0.2, -0.15) is 0 Å². The van der Waals surface area contributed by atoms with Crippen LogP contribution in [0.5, 0.6) is 0 Å². The van der Waals surface area contributed by atoms with E-state index < -0.39 is 0 Å². The molecule has 0 amide bonds. The minimum absolute atomic E-state index is 0.0964. The number of carbonyl (C=O) groups excluding carboxylic acids is 2. The van der Waals surface area contributed by atoms with Gasteiger partial charge in [0.05, 0.1) is 6.61 Å². The Hall–Kier alpha value is -2.62.